The summed E-state index contributed by atoms with van der Waals surface area (Å²) in [5.41, 5.74) is 2.74. The Bertz CT molecular complexity index is 1420. The molecule has 0 heterocycles. The first-order valence-corrected chi connectivity index (χ1v) is 11.0. The highest BCUT2D eigenvalue weighted by molar-refractivity contribution is 6.31. The average Bonchev–Trinajstić information content (AvgIpc) is 2.86. The summed E-state index contributed by atoms with van der Waals surface area (Å²) in [5, 5.41) is 25.3. The number of nitro groups is 1. The lowest BCUT2D eigenvalue weighted by Crippen LogP contribution is -2.11. The highest BCUT2D eigenvalue weighted by Crippen LogP contribution is 2.32. The zero-order valence-corrected chi connectivity index (χ0v) is 19.1. The molecule has 0 aliphatic heterocycles. The zero-order valence-electron chi connectivity index (χ0n) is 18.4. The van der Waals surface area contributed by atoms with Gasteiger partial charge < -0.3 is 10.4 Å². The number of halogens is 1. The van der Waals surface area contributed by atoms with Crippen molar-refractivity contribution in [3.8, 4) is 5.75 Å². The van der Waals surface area contributed by atoms with Crippen molar-refractivity contribution in [2.45, 2.75) is 6.42 Å². The number of aromatic hydroxyl groups is 1. The van der Waals surface area contributed by atoms with Crippen LogP contribution in [0.3, 0.4) is 0 Å². The van der Waals surface area contributed by atoms with E-state index in [1.165, 1.54) is 12.3 Å². The molecular formula is C27H20ClN3O4. The van der Waals surface area contributed by atoms with E-state index in [0.29, 0.717) is 33.9 Å². The number of nitrogens with zero attached hydrogens (tertiary/aromatic N) is 2. The normalized spacial score (nSPS) is 10.9. The van der Waals surface area contributed by atoms with Gasteiger partial charge in [0.1, 0.15) is 0 Å². The fraction of sp³-hybridized carbons (Fsp3) is 0.0370. The molecule has 0 radical (unpaired) electrons. The van der Waals surface area contributed by atoms with E-state index < -0.39 is 16.4 Å². The second-order valence-electron chi connectivity index (χ2n) is 7.71. The number of carbonyl (C=O) groups is 1. The molecule has 0 aromatic heterocycles. The summed E-state index contributed by atoms with van der Waals surface area (Å²) in [6.45, 7) is 0. The van der Waals surface area contributed by atoms with E-state index >= 15 is 0 Å². The van der Waals surface area contributed by atoms with Crippen LogP contribution in [0.1, 0.15) is 27.0 Å². The molecule has 0 saturated heterocycles. The van der Waals surface area contributed by atoms with Crippen LogP contribution in [0.25, 0.3) is 0 Å². The van der Waals surface area contributed by atoms with Crippen molar-refractivity contribution < 1.29 is 14.8 Å². The standard InChI is InChI=1S/C27H20ClN3O4/c28-24-12-5-4-9-20(24)13-18-14-21(26(32)25(15-18)31(34)35)17-29-22-10-6-11-23(16-22)30-27(33)19-7-2-1-3-8-19/h1-12,14-17,32H,13H2,(H,30,33). The van der Waals surface area contributed by atoms with Crippen LogP contribution in [-0.4, -0.2) is 22.2 Å². The van der Waals surface area contributed by atoms with Crippen LogP contribution in [0.15, 0.2) is 96.0 Å². The first-order chi connectivity index (χ1) is 16.9. The van der Waals surface area contributed by atoms with Crippen molar-refractivity contribution in [2.75, 3.05) is 5.32 Å². The summed E-state index contributed by atoms with van der Waals surface area (Å²) in [6.07, 6.45) is 1.71. The zero-order chi connectivity index (χ0) is 24.8. The van der Waals surface area contributed by atoms with E-state index in [1.807, 2.05) is 18.2 Å². The minimum atomic E-state index is -0.636. The molecular weight excluding hydrogens is 466 g/mol. The van der Waals surface area contributed by atoms with E-state index in [0.717, 1.165) is 5.56 Å². The van der Waals surface area contributed by atoms with Gasteiger partial charge in [0.25, 0.3) is 5.91 Å². The third-order valence-corrected chi connectivity index (χ3v) is 5.59. The predicted molar refractivity (Wildman–Crippen MR) is 137 cm³/mol. The Hall–Kier alpha value is -4.49. The molecule has 7 nitrogen and oxygen atoms in total. The minimum Gasteiger partial charge on any atom is -0.502 e. The van der Waals surface area contributed by atoms with Gasteiger partial charge in [-0.05, 0) is 60.0 Å². The highest BCUT2D eigenvalue weighted by Gasteiger charge is 2.19. The van der Waals surface area contributed by atoms with Crippen molar-refractivity contribution in [3.63, 3.8) is 0 Å². The Morgan fingerprint density at radius 1 is 1.00 bits per heavy atom. The number of phenols is 1. The van der Waals surface area contributed by atoms with Crippen LogP contribution in [0.2, 0.25) is 5.02 Å². The summed E-state index contributed by atoms with van der Waals surface area (Å²) in [6, 6.07) is 25.8. The van der Waals surface area contributed by atoms with E-state index in [9.17, 15) is 20.0 Å². The summed E-state index contributed by atoms with van der Waals surface area (Å²) in [7, 11) is 0. The fourth-order valence-electron chi connectivity index (χ4n) is 3.50. The molecule has 0 fully saturated rings. The van der Waals surface area contributed by atoms with Gasteiger partial charge in [-0.15, -0.1) is 0 Å². The monoisotopic (exact) mass is 485 g/mol. The number of hydrogen-bond acceptors (Lipinski definition) is 5. The SMILES string of the molecule is O=C(Nc1cccc(N=Cc2cc(Cc3ccccc3Cl)cc([N+](=O)[O-])c2O)c1)c1ccccc1. The number of carbonyl (C=O) groups excluding carboxylic acids is 1. The summed E-state index contributed by atoms with van der Waals surface area (Å²) in [5.74, 6) is -0.734. The van der Waals surface area contributed by atoms with Crippen LogP contribution >= 0.6 is 11.6 Å². The molecule has 0 spiro atoms. The average molecular weight is 486 g/mol. The number of anilines is 1. The predicted octanol–water partition coefficient (Wildman–Crippen LogP) is 6.55. The number of nitro benzene ring substituents is 1. The third kappa shape index (κ3) is 5.90. The van der Waals surface area contributed by atoms with Crippen molar-refractivity contribution in [2.24, 2.45) is 4.99 Å². The van der Waals surface area contributed by atoms with Gasteiger partial charge in [0.05, 0.1) is 10.6 Å². The number of nitrogens with one attached hydrogen (secondary N) is 1. The maximum atomic E-state index is 12.4. The van der Waals surface area contributed by atoms with Gasteiger partial charge in [-0.3, -0.25) is 19.9 Å². The first-order valence-electron chi connectivity index (χ1n) is 10.6. The molecule has 4 rings (SSSR count). The van der Waals surface area contributed by atoms with Crippen LogP contribution in [0.5, 0.6) is 5.75 Å². The fourth-order valence-corrected chi connectivity index (χ4v) is 3.71. The molecule has 174 valence electrons. The van der Waals surface area contributed by atoms with Crippen molar-refractivity contribution in [1.82, 2.24) is 0 Å². The number of phenolic OH excluding ortho intramolecular Hbond substituents is 1. The Balaban J connectivity index is 1.60. The number of amides is 1. The number of hydrogen-bond donors (Lipinski definition) is 2. The molecule has 0 aliphatic rings. The minimum absolute atomic E-state index is 0.194. The van der Waals surface area contributed by atoms with Crippen LogP contribution in [0, 0.1) is 10.1 Å². The molecule has 0 aliphatic carbocycles. The molecule has 35 heavy (non-hydrogen) atoms. The highest BCUT2D eigenvalue weighted by atomic mass is 35.5. The van der Waals surface area contributed by atoms with Gasteiger partial charge in [-0.2, -0.15) is 0 Å². The van der Waals surface area contributed by atoms with E-state index in [1.54, 1.807) is 66.7 Å². The molecule has 4 aromatic carbocycles. The van der Waals surface area contributed by atoms with E-state index in [-0.39, 0.29) is 11.5 Å². The smallest absolute Gasteiger partial charge is 0.311 e. The van der Waals surface area contributed by atoms with Crippen molar-refractivity contribution >= 4 is 40.8 Å². The maximum Gasteiger partial charge on any atom is 0.311 e. The third-order valence-electron chi connectivity index (χ3n) is 5.22. The van der Waals surface area contributed by atoms with Gasteiger partial charge in [-0.25, -0.2) is 0 Å². The molecule has 1 amide bonds. The maximum absolute atomic E-state index is 12.4. The van der Waals surface area contributed by atoms with Gasteiger partial charge in [0, 0.05) is 34.1 Å². The molecule has 8 heteroatoms. The van der Waals surface area contributed by atoms with E-state index in [2.05, 4.69) is 10.3 Å². The molecule has 0 unspecified atom stereocenters. The van der Waals surface area contributed by atoms with Gasteiger partial charge >= 0.3 is 5.69 Å². The number of aliphatic imine (C=N–C) groups is 1. The van der Waals surface area contributed by atoms with Crippen LogP contribution in [-0.2, 0) is 6.42 Å². The number of benzene rings is 4. The van der Waals surface area contributed by atoms with Crippen molar-refractivity contribution in [3.05, 3.63) is 128 Å². The largest absolute Gasteiger partial charge is 0.502 e. The molecule has 0 saturated carbocycles. The van der Waals surface area contributed by atoms with E-state index in [4.69, 9.17) is 11.6 Å². The Kier molecular flexibility index (Phi) is 7.18. The summed E-state index contributed by atoms with van der Waals surface area (Å²) < 4.78 is 0. The molecule has 4 aromatic rings. The second kappa shape index (κ2) is 10.6. The molecule has 0 atom stereocenters. The molecule has 0 bridgehead atoms. The Morgan fingerprint density at radius 3 is 2.49 bits per heavy atom. The first kappa shape index (κ1) is 23.7. The van der Waals surface area contributed by atoms with Gasteiger partial charge in [0.2, 0.25) is 5.75 Å². The van der Waals surface area contributed by atoms with Gasteiger partial charge in [-0.1, -0.05) is 54.1 Å². The lowest BCUT2D eigenvalue weighted by atomic mass is 10.0. The molecule has 2 N–H and O–H groups in total. The summed E-state index contributed by atoms with van der Waals surface area (Å²) >= 11 is 6.24. The summed E-state index contributed by atoms with van der Waals surface area (Å²) in [4.78, 5) is 27.6. The lowest BCUT2D eigenvalue weighted by Gasteiger charge is -2.08. The quantitative estimate of drug-likeness (QED) is 0.176. The van der Waals surface area contributed by atoms with Crippen molar-refractivity contribution in [1.29, 1.82) is 0 Å². The lowest BCUT2D eigenvalue weighted by molar-refractivity contribution is -0.385. The van der Waals surface area contributed by atoms with Crippen LogP contribution < -0.4 is 5.32 Å². The van der Waals surface area contributed by atoms with Crippen LogP contribution in [0.4, 0.5) is 17.1 Å². The Labute approximate surface area is 206 Å². The second-order valence-corrected chi connectivity index (χ2v) is 8.11. The topological polar surface area (TPSA) is 105 Å². The number of rotatable bonds is 7. The Morgan fingerprint density at radius 2 is 1.74 bits per heavy atom. The van der Waals surface area contributed by atoms with Gasteiger partial charge in [0.15, 0.2) is 0 Å².